The van der Waals surface area contributed by atoms with Crippen molar-refractivity contribution in [3.8, 4) is 5.75 Å². The molecular weight excluding hydrogens is 384 g/mol. The molecule has 1 saturated heterocycles. The van der Waals surface area contributed by atoms with E-state index in [4.69, 9.17) is 21.3 Å². The summed E-state index contributed by atoms with van der Waals surface area (Å²) in [6.45, 7) is 5.90. The number of rotatable bonds is 7. The molecule has 0 N–H and O–H groups in total. The highest BCUT2D eigenvalue weighted by Gasteiger charge is 2.24. The average Bonchev–Trinajstić information content (AvgIpc) is 3.05. The second-order valence-electron chi connectivity index (χ2n) is 7.87. The van der Waals surface area contributed by atoms with Gasteiger partial charge in [0.05, 0.1) is 18.7 Å². The minimum Gasteiger partial charge on any atom is -0.493 e. The monoisotopic (exact) mass is 412 g/mol. The normalized spacial score (nSPS) is 15.8. The highest BCUT2D eigenvalue weighted by Crippen LogP contribution is 2.36. The molecule has 5 nitrogen and oxygen atoms in total. The van der Waals surface area contributed by atoms with Crippen molar-refractivity contribution in [3.05, 3.63) is 52.9 Å². The molecule has 0 aliphatic carbocycles. The molecule has 0 radical (unpaired) electrons. The fraction of sp³-hybridized carbons (Fsp3) is 0.478. The molecule has 6 heteroatoms. The number of nitrogens with zero attached hydrogens (tertiary/aromatic N) is 4. The molecule has 0 amide bonds. The van der Waals surface area contributed by atoms with Gasteiger partial charge in [0.2, 0.25) is 0 Å². The van der Waals surface area contributed by atoms with Gasteiger partial charge in [-0.05, 0) is 74.2 Å². The van der Waals surface area contributed by atoms with Crippen LogP contribution in [-0.2, 0) is 13.6 Å². The van der Waals surface area contributed by atoms with Gasteiger partial charge in [-0.25, -0.2) is 9.97 Å². The molecule has 1 fully saturated rings. The van der Waals surface area contributed by atoms with Crippen LogP contribution in [0.2, 0.25) is 5.02 Å². The van der Waals surface area contributed by atoms with Gasteiger partial charge in [0, 0.05) is 18.3 Å². The van der Waals surface area contributed by atoms with E-state index in [1.54, 1.807) is 6.20 Å². The van der Waals surface area contributed by atoms with Crippen LogP contribution >= 0.6 is 11.6 Å². The van der Waals surface area contributed by atoms with E-state index >= 15 is 0 Å². The lowest BCUT2D eigenvalue weighted by molar-refractivity contribution is 0.196. The summed E-state index contributed by atoms with van der Waals surface area (Å²) < 4.78 is 8.22. The van der Waals surface area contributed by atoms with Crippen molar-refractivity contribution in [2.45, 2.75) is 45.1 Å². The van der Waals surface area contributed by atoms with Crippen molar-refractivity contribution in [2.75, 3.05) is 19.7 Å². The number of pyridine rings is 1. The number of aromatic nitrogens is 3. The van der Waals surface area contributed by atoms with Gasteiger partial charge in [-0.1, -0.05) is 24.9 Å². The van der Waals surface area contributed by atoms with Crippen LogP contribution in [0.4, 0.5) is 0 Å². The van der Waals surface area contributed by atoms with E-state index in [0.29, 0.717) is 5.92 Å². The number of fused-ring (bicyclic) bond motifs is 1. The molecule has 1 aliphatic rings. The second-order valence-corrected chi connectivity index (χ2v) is 8.30. The largest absolute Gasteiger partial charge is 0.493 e. The number of benzene rings is 1. The Morgan fingerprint density at radius 2 is 2.03 bits per heavy atom. The summed E-state index contributed by atoms with van der Waals surface area (Å²) in [5.74, 6) is 2.56. The SMILES string of the molecule is CCCCOc1ccc(Cl)cc1C1CCN(Cc2nc3ncccc3n2C)CC1. The number of likely N-dealkylation sites (tertiary alicyclic amines) is 1. The van der Waals surface area contributed by atoms with Crippen molar-refractivity contribution < 1.29 is 4.74 Å². The van der Waals surface area contributed by atoms with Crippen LogP contribution in [0, 0.1) is 0 Å². The summed E-state index contributed by atoms with van der Waals surface area (Å²) in [7, 11) is 2.07. The van der Waals surface area contributed by atoms with Gasteiger partial charge in [-0.2, -0.15) is 0 Å². The molecule has 3 aromatic rings. The Bertz CT molecular complexity index is 963. The molecular formula is C23H29ClN4O. The first-order chi connectivity index (χ1) is 14.2. The summed E-state index contributed by atoms with van der Waals surface area (Å²) in [5, 5.41) is 0.789. The summed E-state index contributed by atoms with van der Waals surface area (Å²) in [4.78, 5) is 11.6. The van der Waals surface area contributed by atoms with Crippen LogP contribution in [0.25, 0.3) is 11.2 Å². The lowest BCUT2D eigenvalue weighted by atomic mass is 9.88. The third-order valence-electron chi connectivity index (χ3n) is 5.87. The van der Waals surface area contributed by atoms with Gasteiger partial charge < -0.3 is 9.30 Å². The zero-order valence-electron chi connectivity index (χ0n) is 17.3. The van der Waals surface area contributed by atoms with Crippen molar-refractivity contribution in [2.24, 2.45) is 7.05 Å². The minimum absolute atomic E-state index is 0.490. The van der Waals surface area contributed by atoms with Crippen LogP contribution in [-0.4, -0.2) is 39.1 Å². The lowest BCUT2D eigenvalue weighted by Gasteiger charge is -2.32. The van der Waals surface area contributed by atoms with Crippen LogP contribution in [0.5, 0.6) is 5.75 Å². The number of halogens is 1. The molecule has 2 aromatic heterocycles. The molecule has 0 bridgehead atoms. The zero-order valence-corrected chi connectivity index (χ0v) is 18.0. The average molecular weight is 413 g/mol. The number of imidazole rings is 1. The van der Waals surface area contributed by atoms with Crippen molar-refractivity contribution >= 4 is 22.8 Å². The van der Waals surface area contributed by atoms with Crippen molar-refractivity contribution in [1.29, 1.82) is 0 Å². The second kappa shape index (κ2) is 9.14. The van der Waals surface area contributed by atoms with E-state index in [9.17, 15) is 0 Å². The molecule has 1 aliphatic heterocycles. The summed E-state index contributed by atoms with van der Waals surface area (Å²) in [5.41, 5.74) is 3.18. The standard InChI is InChI=1S/C23H29ClN4O/c1-3-4-14-29-21-8-7-18(24)15-19(21)17-9-12-28(13-10-17)16-22-26-23-20(27(22)2)6-5-11-25-23/h5-8,11,15,17H,3-4,9-10,12-14,16H2,1-2H3. The Kier molecular flexibility index (Phi) is 6.36. The summed E-state index contributed by atoms with van der Waals surface area (Å²) in [6, 6.07) is 10.1. The van der Waals surface area contributed by atoms with Gasteiger partial charge in [0.25, 0.3) is 0 Å². The molecule has 0 spiro atoms. The maximum Gasteiger partial charge on any atom is 0.177 e. The van der Waals surface area contributed by atoms with E-state index in [1.807, 2.05) is 18.2 Å². The Hall–Kier alpha value is -2.11. The fourth-order valence-electron chi connectivity index (χ4n) is 4.11. The van der Waals surface area contributed by atoms with Gasteiger partial charge in [-0.3, -0.25) is 4.90 Å². The van der Waals surface area contributed by atoms with Gasteiger partial charge >= 0.3 is 0 Å². The van der Waals surface area contributed by atoms with Crippen molar-refractivity contribution in [1.82, 2.24) is 19.4 Å². The molecule has 0 unspecified atom stereocenters. The van der Waals surface area contributed by atoms with Crippen LogP contribution in [0.15, 0.2) is 36.5 Å². The fourth-order valence-corrected chi connectivity index (χ4v) is 4.29. The Morgan fingerprint density at radius 3 is 2.79 bits per heavy atom. The van der Waals surface area contributed by atoms with Gasteiger partial charge in [0.1, 0.15) is 11.6 Å². The Morgan fingerprint density at radius 1 is 1.21 bits per heavy atom. The van der Waals surface area contributed by atoms with Crippen molar-refractivity contribution in [3.63, 3.8) is 0 Å². The van der Waals surface area contributed by atoms with Gasteiger partial charge in [0.15, 0.2) is 5.65 Å². The zero-order chi connectivity index (χ0) is 20.2. The Labute approximate surface area is 177 Å². The first kappa shape index (κ1) is 20.2. The molecule has 29 heavy (non-hydrogen) atoms. The highest BCUT2D eigenvalue weighted by molar-refractivity contribution is 6.30. The number of unbranched alkanes of at least 4 members (excludes halogenated alkanes) is 1. The predicted octanol–water partition coefficient (Wildman–Crippen LogP) is 5.18. The van der Waals surface area contributed by atoms with E-state index in [-0.39, 0.29) is 0 Å². The van der Waals surface area contributed by atoms with Crippen LogP contribution in [0.3, 0.4) is 0 Å². The van der Waals surface area contributed by atoms with E-state index in [0.717, 1.165) is 79.7 Å². The van der Waals surface area contributed by atoms with E-state index in [1.165, 1.54) is 5.56 Å². The molecule has 0 saturated carbocycles. The van der Waals surface area contributed by atoms with Crippen LogP contribution < -0.4 is 4.74 Å². The molecule has 1 aromatic carbocycles. The number of piperidine rings is 1. The first-order valence-electron chi connectivity index (χ1n) is 10.6. The molecule has 4 rings (SSSR count). The molecule has 3 heterocycles. The predicted molar refractivity (Wildman–Crippen MR) is 118 cm³/mol. The number of hydrogen-bond donors (Lipinski definition) is 0. The minimum atomic E-state index is 0.490. The van der Waals surface area contributed by atoms with Gasteiger partial charge in [-0.15, -0.1) is 0 Å². The summed E-state index contributed by atoms with van der Waals surface area (Å²) in [6.07, 6.45) is 6.22. The third kappa shape index (κ3) is 4.57. The quantitative estimate of drug-likeness (QED) is 0.501. The molecule has 154 valence electrons. The first-order valence-corrected chi connectivity index (χ1v) is 10.9. The molecule has 0 atom stereocenters. The number of hydrogen-bond acceptors (Lipinski definition) is 4. The van der Waals surface area contributed by atoms with E-state index < -0.39 is 0 Å². The topological polar surface area (TPSA) is 43.2 Å². The maximum absolute atomic E-state index is 6.31. The maximum atomic E-state index is 6.31. The highest BCUT2D eigenvalue weighted by atomic mass is 35.5. The Balaban J connectivity index is 1.41. The summed E-state index contributed by atoms with van der Waals surface area (Å²) >= 11 is 6.31. The smallest absolute Gasteiger partial charge is 0.177 e. The lowest BCUT2D eigenvalue weighted by Crippen LogP contribution is -2.33. The van der Waals surface area contributed by atoms with Crippen LogP contribution in [0.1, 0.15) is 49.9 Å². The number of ether oxygens (including phenoxy) is 1. The third-order valence-corrected chi connectivity index (χ3v) is 6.10. The van der Waals surface area contributed by atoms with E-state index in [2.05, 4.69) is 40.6 Å². The number of aryl methyl sites for hydroxylation is 1.